The molecule has 0 saturated carbocycles. The molecule has 2 aromatic carbocycles. The van der Waals surface area contributed by atoms with Gasteiger partial charge in [0.15, 0.2) is 0 Å². The van der Waals surface area contributed by atoms with Gasteiger partial charge < -0.3 is 4.74 Å². The fourth-order valence-corrected chi connectivity index (χ4v) is 2.23. The zero-order chi connectivity index (χ0) is 14.7. The van der Waals surface area contributed by atoms with E-state index in [-0.39, 0.29) is 0 Å². The number of hydrogen-bond donors (Lipinski definition) is 0. The van der Waals surface area contributed by atoms with Crippen molar-refractivity contribution >= 4 is 11.6 Å². The number of benzene rings is 2. The Balaban J connectivity index is 0.000000704. The monoisotopic (exact) mass is 268 g/mol. The molecule has 2 aromatic rings. The number of fused-ring (bicyclic) bond motifs is 3. The van der Waals surface area contributed by atoms with Gasteiger partial charge in [-0.15, -0.1) is 0 Å². The fraction of sp³-hybridized carbons (Fsp3) is 0.176. The van der Waals surface area contributed by atoms with E-state index in [4.69, 9.17) is 4.74 Å². The lowest BCUT2D eigenvalue weighted by atomic mass is 9.84. The Morgan fingerprint density at radius 1 is 0.750 bits per heavy atom. The molecule has 1 aliphatic carbocycles. The van der Waals surface area contributed by atoms with E-state index in [2.05, 4.69) is 0 Å². The van der Waals surface area contributed by atoms with Crippen molar-refractivity contribution in [2.24, 2.45) is 0 Å². The minimum absolute atomic E-state index is 0.415. The molecule has 0 unspecified atom stereocenters. The second-order valence-corrected chi connectivity index (χ2v) is 4.12. The Kier molecular flexibility index (Phi) is 3.99. The first-order valence-electron chi connectivity index (χ1n) is 6.59. The predicted molar refractivity (Wildman–Crippen MR) is 78.4 cm³/mol. The standard InChI is InChI=1S/C15H10O3.C2H6/c1-18-9-6-7-11-10-4-2-3-5-12(10)14(16)15(17)13(11)8-9;1-2/h2-8H,1H3;1-2H3. The minimum Gasteiger partial charge on any atom is -0.497 e. The van der Waals surface area contributed by atoms with Crippen molar-refractivity contribution in [1.82, 2.24) is 0 Å². The number of rotatable bonds is 1. The molecule has 0 bridgehead atoms. The molecule has 0 spiro atoms. The number of carbonyl (C=O) groups excluding carboxylic acids is 2. The summed E-state index contributed by atoms with van der Waals surface area (Å²) in [7, 11) is 1.53. The molecular formula is C17H16O3. The van der Waals surface area contributed by atoms with Crippen LogP contribution in [0.15, 0.2) is 42.5 Å². The molecule has 1 aliphatic rings. The lowest BCUT2D eigenvalue weighted by Crippen LogP contribution is -2.21. The Hall–Kier alpha value is -2.42. The second-order valence-electron chi connectivity index (χ2n) is 4.12. The van der Waals surface area contributed by atoms with E-state index in [0.29, 0.717) is 16.9 Å². The van der Waals surface area contributed by atoms with E-state index in [1.54, 1.807) is 24.3 Å². The molecule has 0 aromatic heterocycles. The largest absolute Gasteiger partial charge is 0.497 e. The number of ether oxygens (including phenoxy) is 1. The van der Waals surface area contributed by atoms with Gasteiger partial charge >= 0.3 is 0 Å². The number of Topliss-reactive ketones (excluding diaryl/α,β-unsaturated/α-hetero) is 2. The molecule has 0 amide bonds. The molecule has 0 radical (unpaired) electrons. The van der Waals surface area contributed by atoms with Gasteiger partial charge in [0, 0.05) is 11.1 Å². The summed E-state index contributed by atoms with van der Waals surface area (Å²) in [4.78, 5) is 24.0. The third-order valence-electron chi connectivity index (χ3n) is 3.14. The zero-order valence-corrected chi connectivity index (χ0v) is 11.8. The van der Waals surface area contributed by atoms with Crippen LogP contribution in [0.1, 0.15) is 34.6 Å². The molecule has 0 saturated heterocycles. The first-order valence-corrected chi connectivity index (χ1v) is 6.59. The van der Waals surface area contributed by atoms with Gasteiger partial charge in [0.25, 0.3) is 0 Å². The van der Waals surface area contributed by atoms with Crippen molar-refractivity contribution in [3.05, 3.63) is 53.6 Å². The summed E-state index contributed by atoms with van der Waals surface area (Å²) in [5.41, 5.74) is 2.48. The van der Waals surface area contributed by atoms with Crippen LogP contribution >= 0.6 is 0 Å². The summed E-state index contributed by atoms with van der Waals surface area (Å²) in [5, 5.41) is 0. The summed E-state index contributed by atoms with van der Waals surface area (Å²) >= 11 is 0. The van der Waals surface area contributed by atoms with Crippen molar-refractivity contribution in [3.63, 3.8) is 0 Å². The van der Waals surface area contributed by atoms with E-state index in [9.17, 15) is 9.59 Å². The van der Waals surface area contributed by atoms with Crippen LogP contribution in [0, 0.1) is 0 Å². The molecule has 0 heterocycles. The van der Waals surface area contributed by atoms with Crippen LogP contribution in [0.25, 0.3) is 11.1 Å². The predicted octanol–water partition coefficient (Wildman–Crippen LogP) is 3.77. The van der Waals surface area contributed by atoms with Crippen molar-refractivity contribution in [2.45, 2.75) is 13.8 Å². The van der Waals surface area contributed by atoms with Crippen LogP contribution in [0.3, 0.4) is 0 Å². The third kappa shape index (κ3) is 2.11. The Labute approximate surface area is 118 Å². The quantitative estimate of drug-likeness (QED) is 0.739. The summed E-state index contributed by atoms with van der Waals surface area (Å²) in [6.45, 7) is 4.00. The zero-order valence-electron chi connectivity index (χ0n) is 11.8. The van der Waals surface area contributed by atoms with E-state index in [1.165, 1.54) is 7.11 Å². The molecule has 102 valence electrons. The maximum absolute atomic E-state index is 12.0. The lowest BCUT2D eigenvalue weighted by molar-refractivity contribution is 0.0815. The van der Waals surface area contributed by atoms with Crippen molar-refractivity contribution < 1.29 is 14.3 Å². The molecular weight excluding hydrogens is 252 g/mol. The molecule has 3 heteroatoms. The lowest BCUT2D eigenvalue weighted by Gasteiger charge is -2.18. The Morgan fingerprint density at radius 3 is 1.95 bits per heavy atom. The summed E-state index contributed by atoms with van der Waals surface area (Å²) in [6, 6.07) is 12.4. The molecule has 0 fully saturated rings. The highest BCUT2D eigenvalue weighted by molar-refractivity contribution is 6.53. The van der Waals surface area contributed by atoms with Crippen LogP contribution in [0.5, 0.6) is 5.75 Å². The highest BCUT2D eigenvalue weighted by Crippen LogP contribution is 2.35. The van der Waals surface area contributed by atoms with Gasteiger partial charge in [-0.05, 0) is 29.3 Å². The van der Waals surface area contributed by atoms with Crippen LogP contribution in [0.2, 0.25) is 0 Å². The van der Waals surface area contributed by atoms with E-state index >= 15 is 0 Å². The first kappa shape index (κ1) is 14.0. The van der Waals surface area contributed by atoms with Gasteiger partial charge in [0.05, 0.1) is 7.11 Å². The Morgan fingerprint density at radius 2 is 1.30 bits per heavy atom. The topological polar surface area (TPSA) is 43.4 Å². The van der Waals surface area contributed by atoms with E-state index in [1.807, 2.05) is 32.0 Å². The van der Waals surface area contributed by atoms with Crippen LogP contribution in [-0.2, 0) is 0 Å². The van der Waals surface area contributed by atoms with Crippen molar-refractivity contribution in [2.75, 3.05) is 7.11 Å². The average molecular weight is 268 g/mol. The first-order chi connectivity index (χ1) is 9.72. The van der Waals surface area contributed by atoms with Gasteiger partial charge in [-0.2, -0.15) is 0 Å². The summed E-state index contributed by atoms with van der Waals surface area (Å²) < 4.78 is 5.09. The van der Waals surface area contributed by atoms with E-state index < -0.39 is 11.6 Å². The number of carbonyl (C=O) groups is 2. The summed E-state index contributed by atoms with van der Waals surface area (Å²) in [6.07, 6.45) is 0. The molecule has 0 atom stereocenters. The van der Waals surface area contributed by atoms with Crippen molar-refractivity contribution in [1.29, 1.82) is 0 Å². The van der Waals surface area contributed by atoms with Gasteiger partial charge in [0.2, 0.25) is 11.6 Å². The van der Waals surface area contributed by atoms with Gasteiger partial charge in [-0.3, -0.25) is 9.59 Å². The number of methoxy groups -OCH3 is 1. The van der Waals surface area contributed by atoms with Gasteiger partial charge in [-0.1, -0.05) is 38.1 Å². The summed E-state index contributed by atoms with van der Waals surface area (Å²) in [5.74, 6) is -0.344. The highest BCUT2D eigenvalue weighted by Gasteiger charge is 2.30. The van der Waals surface area contributed by atoms with Crippen LogP contribution < -0.4 is 4.74 Å². The Bertz CT molecular complexity index is 672. The molecule has 3 nitrogen and oxygen atoms in total. The van der Waals surface area contributed by atoms with Gasteiger partial charge in [-0.25, -0.2) is 0 Å². The third-order valence-corrected chi connectivity index (χ3v) is 3.14. The highest BCUT2D eigenvalue weighted by atomic mass is 16.5. The molecule has 0 aliphatic heterocycles. The maximum atomic E-state index is 12.0. The SMILES string of the molecule is CC.COc1ccc2c(c1)C(=O)C(=O)c1ccccc1-2. The maximum Gasteiger partial charge on any atom is 0.234 e. The number of ketones is 2. The fourth-order valence-electron chi connectivity index (χ4n) is 2.23. The number of hydrogen-bond acceptors (Lipinski definition) is 3. The second kappa shape index (κ2) is 5.70. The normalized spacial score (nSPS) is 11.9. The minimum atomic E-state index is -0.470. The van der Waals surface area contributed by atoms with Gasteiger partial charge in [0.1, 0.15) is 5.75 Å². The van der Waals surface area contributed by atoms with Crippen LogP contribution in [-0.4, -0.2) is 18.7 Å². The smallest absolute Gasteiger partial charge is 0.234 e. The molecule has 0 N–H and O–H groups in total. The molecule has 20 heavy (non-hydrogen) atoms. The van der Waals surface area contributed by atoms with Crippen LogP contribution in [0.4, 0.5) is 0 Å². The van der Waals surface area contributed by atoms with E-state index in [0.717, 1.165) is 11.1 Å². The van der Waals surface area contributed by atoms with Crippen molar-refractivity contribution in [3.8, 4) is 16.9 Å². The molecule has 3 rings (SSSR count). The average Bonchev–Trinajstić information content (AvgIpc) is 2.54.